The van der Waals surface area contributed by atoms with E-state index in [-0.39, 0.29) is 12.1 Å². The highest BCUT2D eigenvalue weighted by molar-refractivity contribution is 5.82. The van der Waals surface area contributed by atoms with Crippen LogP contribution in [-0.2, 0) is 9.53 Å². The summed E-state index contributed by atoms with van der Waals surface area (Å²) in [6.07, 6.45) is 8.82. The van der Waals surface area contributed by atoms with Crippen LogP contribution in [0.5, 0.6) is 0 Å². The van der Waals surface area contributed by atoms with Crippen LogP contribution in [0.3, 0.4) is 0 Å². The van der Waals surface area contributed by atoms with Gasteiger partial charge < -0.3 is 4.74 Å². The summed E-state index contributed by atoms with van der Waals surface area (Å²) in [7, 11) is 0. The first-order valence-corrected chi connectivity index (χ1v) is 4.69. The van der Waals surface area contributed by atoms with Crippen molar-refractivity contribution in [2.45, 2.75) is 18.9 Å². The Bertz CT molecular complexity index is 427. The van der Waals surface area contributed by atoms with Gasteiger partial charge in [0.2, 0.25) is 0 Å². The molecule has 1 fully saturated rings. The molecule has 1 saturated heterocycles. The lowest BCUT2D eigenvalue weighted by atomic mass is 9.90. The van der Waals surface area contributed by atoms with Gasteiger partial charge in [-0.2, -0.15) is 0 Å². The molecule has 2 aliphatic heterocycles. The minimum Gasteiger partial charge on any atom is -0.453 e. The number of carbonyl (C=O) groups excluding carboxylic acids is 1. The summed E-state index contributed by atoms with van der Waals surface area (Å²) >= 11 is 0. The number of rotatable bonds is 0. The SMILES string of the molecule is O=C1CCC2=CC=C3N=CC=C3C2O1. The van der Waals surface area contributed by atoms with Crippen LogP contribution in [-0.4, -0.2) is 18.3 Å². The standard InChI is InChI=1S/C11H9NO2/c13-10-4-2-7-1-3-9-8(5-6-12-9)11(7)14-10/h1,3,5-6,11H,2,4H2. The zero-order chi connectivity index (χ0) is 9.54. The van der Waals surface area contributed by atoms with Crippen molar-refractivity contribution in [3.8, 4) is 0 Å². The van der Waals surface area contributed by atoms with Gasteiger partial charge >= 0.3 is 5.97 Å². The van der Waals surface area contributed by atoms with Crippen molar-refractivity contribution in [2.24, 2.45) is 4.99 Å². The smallest absolute Gasteiger partial charge is 0.307 e. The molecule has 0 N–H and O–H groups in total. The van der Waals surface area contributed by atoms with Gasteiger partial charge in [-0.25, -0.2) is 0 Å². The second-order valence-corrected chi connectivity index (χ2v) is 3.56. The predicted octanol–water partition coefficient (Wildman–Crippen LogP) is 1.53. The van der Waals surface area contributed by atoms with Crippen LogP contribution in [0.15, 0.2) is 40.1 Å². The Kier molecular flexibility index (Phi) is 1.48. The van der Waals surface area contributed by atoms with Crippen LogP contribution < -0.4 is 0 Å². The van der Waals surface area contributed by atoms with Gasteiger partial charge in [-0.1, -0.05) is 6.08 Å². The number of fused-ring (bicyclic) bond motifs is 3. The Balaban J connectivity index is 2.02. The third-order valence-corrected chi connectivity index (χ3v) is 2.71. The molecule has 1 atom stereocenters. The van der Waals surface area contributed by atoms with Crippen molar-refractivity contribution in [1.29, 1.82) is 0 Å². The summed E-state index contributed by atoms with van der Waals surface area (Å²) < 4.78 is 5.31. The first-order valence-electron chi connectivity index (χ1n) is 4.69. The lowest BCUT2D eigenvalue weighted by Gasteiger charge is -2.28. The number of hydrogen-bond donors (Lipinski definition) is 0. The molecule has 0 radical (unpaired) electrons. The highest BCUT2D eigenvalue weighted by atomic mass is 16.5. The Morgan fingerprint density at radius 3 is 3.14 bits per heavy atom. The Morgan fingerprint density at radius 2 is 2.21 bits per heavy atom. The van der Waals surface area contributed by atoms with E-state index < -0.39 is 0 Å². The third kappa shape index (κ3) is 0.985. The largest absolute Gasteiger partial charge is 0.453 e. The zero-order valence-corrected chi connectivity index (χ0v) is 7.56. The molecular formula is C11H9NO2. The molecule has 3 nitrogen and oxygen atoms in total. The van der Waals surface area contributed by atoms with Crippen LogP contribution in [0, 0.1) is 0 Å². The fourth-order valence-corrected chi connectivity index (χ4v) is 1.98. The molecule has 0 spiro atoms. The molecule has 2 heterocycles. The van der Waals surface area contributed by atoms with Crippen molar-refractivity contribution in [3.05, 3.63) is 35.1 Å². The van der Waals surface area contributed by atoms with Gasteiger partial charge in [-0.15, -0.1) is 0 Å². The number of esters is 1. The average molecular weight is 187 g/mol. The van der Waals surface area contributed by atoms with Gasteiger partial charge in [-0.3, -0.25) is 9.79 Å². The van der Waals surface area contributed by atoms with Crippen molar-refractivity contribution in [2.75, 3.05) is 0 Å². The molecule has 14 heavy (non-hydrogen) atoms. The van der Waals surface area contributed by atoms with Crippen molar-refractivity contribution >= 4 is 12.2 Å². The monoisotopic (exact) mass is 187 g/mol. The molecule has 3 rings (SSSR count). The zero-order valence-electron chi connectivity index (χ0n) is 7.56. The summed E-state index contributed by atoms with van der Waals surface area (Å²) in [5, 5.41) is 0. The molecule has 3 aliphatic rings. The highest BCUT2D eigenvalue weighted by Gasteiger charge is 2.32. The first-order chi connectivity index (χ1) is 6.84. The van der Waals surface area contributed by atoms with Gasteiger partial charge in [0.05, 0.1) is 5.70 Å². The highest BCUT2D eigenvalue weighted by Crippen LogP contribution is 2.35. The van der Waals surface area contributed by atoms with Gasteiger partial charge in [0.25, 0.3) is 0 Å². The molecule has 0 saturated carbocycles. The Hall–Kier alpha value is -1.64. The van der Waals surface area contributed by atoms with Gasteiger partial charge in [0.1, 0.15) is 0 Å². The second-order valence-electron chi connectivity index (χ2n) is 3.56. The minimum atomic E-state index is -0.168. The maximum absolute atomic E-state index is 11.2. The van der Waals surface area contributed by atoms with E-state index in [1.165, 1.54) is 5.57 Å². The fraction of sp³-hybridized carbons (Fsp3) is 0.273. The Labute approximate surface area is 81.5 Å². The van der Waals surface area contributed by atoms with Crippen molar-refractivity contribution in [1.82, 2.24) is 0 Å². The number of hydrogen-bond acceptors (Lipinski definition) is 3. The van der Waals surface area contributed by atoms with Crippen LogP contribution in [0.1, 0.15) is 12.8 Å². The second kappa shape index (κ2) is 2.67. The molecule has 0 aromatic carbocycles. The molecule has 0 aromatic heterocycles. The van der Waals surface area contributed by atoms with Crippen LogP contribution in [0.2, 0.25) is 0 Å². The van der Waals surface area contributed by atoms with Crippen molar-refractivity contribution < 1.29 is 9.53 Å². The van der Waals surface area contributed by atoms with Gasteiger partial charge in [-0.05, 0) is 24.1 Å². The fourth-order valence-electron chi connectivity index (χ4n) is 1.98. The molecular weight excluding hydrogens is 178 g/mol. The molecule has 0 aromatic rings. The first kappa shape index (κ1) is 7.74. The van der Waals surface area contributed by atoms with E-state index in [0.29, 0.717) is 6.42 Å². The number of ether oxygens (including phenoxy) is 1. The van der Waals surface area contributed by atoms with E-state index in [2.05, 4.69) is 4.99 Å². The van der Waals surface area contributed by atoms with Gasteiger partial charge in [0, 0.05) is 18.2 Å². The molecule has 1 aliphatic carbocycles. The summed E-state index contributed by atoms with van der Waals surface area (Å²) in [4.78, 5) is 15.4. The minimum absolute atomic E-state index is 0.110. The number of nitrogens with zero attached hydrogens (tertiary/aromatic N) is 1. The van der Waals surface area contributed by atoms with E-state index in [4.69, 9.17) is 4.74 Å². The third-order valence-electron chi connectivity index (χ3n) is 2.71. The lowest BCUT2D eigenvalue weighted by Crippen LogP contribution is -2.29. The van der Waals surface area contributed by atoms with E-state index in [9.17, 15) is 4.79 Å². The number of aliphatic imine (C=N–C) groups is 1. The topological polar surface area (TPSA) is 38.7 Å². The predicted molar refractivity (Wildman–Crippen MR) is 51.9 cm³/mol. The van der Waals surface area contributed by atoms with E-state index in [1.54, 1.807) is 6.21 Å². The maximum Gasteiger partial charge on any atom is 0.307 e. The van der Waals surface area contributed by atoms with Crippen LogP contribution in [0.4, 0.5) is 0 Å². The van der Waals surface area contributed by atoms with Crippen LogP contribution >= 0.6 is 0 Å². The van der Waals surface area contributed by atoms with Crippen molar-refractivity contribution in [3.63, 3.8) is 0 Å². The molecule has 3 heteroatoms. The molecule has 0 amide bonds. The van der Waals surface area contributed by atoms with Gasteiger partial charge in [0.15, 0.2) is 6.10 Å². The molecule has 1 unspecified atom stereocenters. The summed E-state index contributed by atoms with van der Waals surface area (Å²) in [5.74, 6) is -0.110. The number of allylic oxidation sites excluding steroid dienone is 3. The lowest BCUT2D eigenvalue weighted by molar-refractivity contribution is -0.148. The van der Waals surface area contributed by atoms with E-state index in [0.717, 1.165) is 17.7 Å². The number of carbonyl (C=O) groups is 1. The molecule has 0 bridgehead atoms. The normalized spacial score (nSPS) is 28.4. The Morgan fingerprint density at radius 1 is 1.29 bits per heavy atom. The summed E-state index contributed by atoms with van der Waals surface area (Å²) in [5.41, 5.74) is 3.13. The summed E-state index contributed by atoms with van der Waals surface area (Å²) in [6, 6.07) is 0. The quantitative estimate of drug-likeness (QED) is 0.539. The maximum atomic E-state index is 11.2. The average Bonchev–Trinajstić information content (AvgIpc) is 2.65. The van der Waals surface area contributed by atoms with E-state index >= 15 is 0 Å². The summed E-state index contributed by atoms with van der Waals surface area (Å²) in [6.45, 7) is 0. The molecule has 70 valence electrons. The van der Waals surface area contributed by atoms with Crippen LogP contribution in [0.25, 0.3) is 0 Å². The van der Waals surface area contributed by atoms with E-state index in [1.807, 2.05) is 18.2 Å².